The maximum atomic E-state index is 9.56. The first-order valence-electron chi connectivity index (χ1n) is 0.983. The molecule has 0 saturated heterocycles. The van der Waals surface area contributed by atoms with Gasteiger partial charge in [-0.2, -0.15) is 0 Å². The molecule has 4 heteroatoms. The maximum Gasteiger partial charge on any atom is 0.0946 e. The topological polar surface area (TPSA) is 23.1 Å². The molecule has 0 bridgehead atoms. The second kappa shape index (κ2) is 9.31. The fourth-order valence-electron chi connectivity index (χ4n) is 0. The molecule has 6 heavy (non-hydrogen) atoms. The Kier molecular flexibility index (Phi) is 24.5. The summed E-state index contributed by atoms with van der Waals surface area (Å²) < 4.78 is 9.56. The lowest BCUT2D eigenvalue weighted by atomic mass is 11.9. The quantitative estimate of drug-likeness (QED) is 0.470. The van der Waals surface area contributed by atoms with E-state index in [1.165, 1.54) is 0 Å². The van der Waals surface area contributed by atoms with Gasteiger partial charge in [0.2, 0.25) is 0 Å². The average Bonchev–Trinajstić information content (AvgIpc) is 0.811. The smallest absolute Gasteiger partial charge is 0.0946 e. The van der Waals surface area contributed by atoms with Crippen molar-refractivity contribution in [3.8, 4) is 0 Å². The van der Waals surface area contributed by atoms with Crippen molar-refractivity contribution in [1.29, 1.82) is 0 Å². The van der Waals surface area contributed by atoms with Crippen molar-refractivity contribution in [2.45, 2.75) is 0 Å². The summed E-state index contributed by atoms with van der Waals surface area (Å²) in [5, 5.41) is 0. The Labute approximate surface area is 53.5 Å². The molecule has 0 aromatic carbocycles. The molecule has 42 valence electrons. The summed E-state index contributed by atoms with van der Waals surface area (Å²) in [5.41, 5.74) is 0. The summed E-state index contributed by atoms with van der Waals surface area (Å²) in [4.78, 5) is 0. The number of halogens is 2. The van der Waals surface area contributed by atoms with E-state index in [9.17, 15) is 4.55 Å². The Bertz CT molecular complexity index is 16.3. The van der Waals surface area contributed by atoms with Crippen LogP contribution in [0.5, 0.6) is 0 Å². The van der Waals surface area contributed by atoms with Crippen LogP contribution in [-0.2, 0) is 11.2 Å². The van der Waals surface area contributed by atoms with Gasteiger partial charge in [-0.3, -0.25) is 0 Å². The van der Waals surface area contributed by atoms with E-state index in [0.717, 1.165) is 0 Å². The minimum Gasteiger partial charge on any atom is -0.617 e. The number of rotatable bonds is 0. The second-order valence-corrected chi connectivity index (χ2v) is 2.22. The van der Waals surface area contributed by atoms with Crippen LogP contribution in [0.25, 0.3) is 0 Å². The molecule has 0 aliphatic carbocycles. The lowest BCUT2D eigenvalue weighted by Gasteiger charge is -1.87. The van der Waals surface area contributed by atoms with Crippen molar-refractivity contribution >= 4 is 36.0 Å². The molecule has 0 unspecified atom stereocenters. The van der Waals surface area contributed by atoms with Gasteiger partial charge in [0.25, 0.3) is 0 Å². The molecule has 0 spiro atoms. The third-order valence-electron chi connectivity index (χ3n) is 0. The fourth-order valence-corrected chi connectivity index (χ4v) is 0. The third-order valence-corrected chi connectivity index (χ3v) is 0. The normalized spacial score (nSPS) is 6.00. The molecule has 0 fully saturated rings. The maximum absolute atomic E-state index is 9.56. The van der Waals surface area contributed by atoms with Crippen LogP contribution in [0.4, 0.5) is 0 Å². The van der Waals surface area contributed by atoms with Gasteiger partial charge < -0.3 is 4.55 Å². The van der Waals surface area contributed by atoms with Gasteiger partial charge in [-0.25, -0.2) is 0 Å². The highest BCUT2D eigenvalue weighted by Crippen LogP contribution is 1.61. The second-order valence-electron chi connectivity index (χ2n) is 0.742. The summed E-state index contributed by atoms with van der Waals surface area (Å²) in [6, 6.07) is 0. The summed E-state index contributed by atoms with van der Waals surface area (Å²) in [5.74, 6) is 0. The van der Waals surface area contributed by atoms with E-state index in [-0.39, 0.29) is 24.8 Å². The van der Waals surface area contributed by atoms with Crippen LogP contribution < -0.4 is 0 Å². The van der Waals surface area contributed by atoms with Crippen LogP contribution in [0.3, 0.4) is 0 Å². The van der Waals surface area contributed by atoms with E-state index < -0.39 is 11.2 Å². The molecule has 0 aliphatic heterocycles. The van der Waals surface area contributed by atoms with E-state index in [2.05, 4.69) is 0 Å². The molecule has 0 atom stereocenters. The average molecular weight is 151 g/mol. The first-order valence-corrected chi connectivity index (χ1v) is 2.95. The van der Waals surface area contributed by atoms with Crippen LogP contribution in [0.1, 0.15) is 0 Å². The monoisotopic (exact) mass is 150 g/mol. The SMILES string of the molecule is C[S+](C)[O-].Cl.Cl. The highest BCUT2D eigenvalue weighted by Gasteiger charge is 1.66. The molecule has 0 aliphatic rings. The highest BCUT2D eigenvalue weighted by molar-refractivity contribution is 7.89. The zero-order chi connectivity index (χ0) is 3.58. The Balaban J connectivity index is -0.0000000450. The fraction of sp³-hybridized carbons (Fsp3) is 1.00. The van der Waals surface area contributed by atoms with Crippen molar-refractivity contribution in [1.82, 2.24) is 0 Å². The van der Waals surface area contributed by atoms with Crippen molar-refractivity contribution in [2.24, 2.45) is 0 Å². The van der Waals surface area contributed by atoms with Gasteiger partial charge in [-0.05, 0) is 0 Å². The van der Waals surface area contributed by atoms with Gasteiger partial charge in [-0.15, -0.1) is 24.8 Å². The molecule has 0 saturated carbocycles. The zero-order valence-corrected chi connectivity index (χ0v) is 6.08. The van der Waals surface area contributed by atoms with E-state index in [1.54, 1.807) is 12.5 Å². The van der Waals surface area contributed by atoms with Gasteiger partial charge in [0.05, 0.1) is 12.5 Å². The van der Waals surface area contributed by atoms with E-state index in [4.69, 9.17) is 0 Å². The lowest BCUT2D eigenvalue weighted by Crippen LogP contribution is -1.86. The minimum absolute atomic E-state index is 0. The highest BCUT2D eigenvalue weighted by atomic mass is 35.5. The standard InChI is InChI=1S/C2H6OS.2ClH/c1-4(2)3;;/h1-2H3;2*1H. The Hall–Kier alpha value is 0.890. The lowest BCUT2D eigenvalue weighted by molar-refractivity contribution is 0.606. The Morgan fingerprint density at radius 2 is 1.17 bits per heavy atom. The molecule has 0 amide bonds. The van der Waals surface area contributed by atoms with Gasteiger partial charge in [0.1, 0.15) is 0 Å². The molecule has 1 nitrogen and oxygen atoms in total. The summed E-state index contributed by atoms with van der Waals surface area (Å²) in [7, 11) is 0. The predicted octanol–water partition coefficient (Wildman–Crippen LogP) is 0.838. The minimum atomic E-state index is -0.611. The van der Waals surface area contributed by atoms with Crippen molar-refractivity contribution < 1.29 is 4.55 Å². The van der Waals surface area contributed by atoms with E-state index in [0.29, 0.717) is 0 Å². The third kappa shape index (κ3) is 93.4. The molecule has 0 N–H and O–H groups in total. The van der Waals surface area contributed by atoms with Gasteiger partial charge in [0.15, 0.2) is 0 Å². The van der Waals surface area contributed by atoms with Crippen LogP contribution >= 0.6 is 24.8 Å². The number of hydrogen-bond acceptors (Lipinski definition) is 1. The number of hydrogen-bond donors (Lipinski definition) is 0. The first kappa shape index (κ1) is 15.8. The van der Waals surface area contributed by atoms with Crippen LogP contribution in [0.2, 0.25) is 0 Å². The predicted molar refractivity (Wildman–Crippen MR) is 34.5 cm³/mol. The van der Waals surface area contributed by atoms with E-state index >= 15 is 0 Å². The van der Waals surface area contributed by atoms with Crippen LogP contribution in [0, 0.1) is 0 Å². The first-order chi connectivity index (χ1) is 1.73. The van der Waals surface area contributed by atoms with Crippen molar-refractivity contribution in [3.05, 3.63) is 0 Å². The largest absolute Gasteiger partial charge is 0.617 e. The van der Waals surface area contributed by atoms with Crippen LogP contribution in [0.15, 0.2) is 0 Å². The molecular weight excluding hydrogens is 143 g/mol. The van der Waals surface area contributed by atoms with Gasteiger partial charge in [-0.1, -0.05) is 11.2 Å². The molecule has 0 aromatic rings. The van der Waals surface area contributed by atoms with Crippen LogP contribution in [-0.4, -0.2) is 17.1 Å². The zero-order valence-electron chi connectivity index (χ0n) is 3.63. The summed E-state index contributed by atoms with van der Waals surface area (Å²) >= 11 is -0.611. The Morgan fingerprint density at radius 3 is 1.17 bits per heavy atom. The van der Waals surface area contributed by atoms with E-state index in [1.807, 2.05) is 0 Å². The van der Waals surface area contributed by atoms with Gasteiger partial charge >= 0.3 is 0 Å². The van der Waals surface area contributed by atoms with Gasteiger partial charge in [0, 0.05) is 0 Å². The van der Waals surface area contributed by atoms with Crippen molar-refractivity contribution in [3.63, 3.8) is 0 Å². The molecular formula is C2H8Cl2OS. The molecule has 0 aromatic heterocycles. The van der Waals surface area contributed by atoms with Crippen molar-refractivity contribution in [2.75, 3.05) is 12.5 Å². The Morgan fingerprint density at radius 1 is 1.17 bits per heavy atom. The molecule has 0 heterocycles. The molecule has 0 rings (SSSR count). The summed E-state index contributed by atoms with van der Waals surface area (Å²) in [6.07, 6.45) is 3.28. The molecule has 0 radical (unpaired) electrons. The summed E-state index contributed by atoms with van der Waals surface area (Å²) in [6.45, 7) is 0.